The van der Waals surface area contributed by atoms with Crippen LogP contribution in [0.5, 0.6) is 0 Å². The summed E-state index contributed by atoms with van der Waals surface area (Å²) in [7, 11) is 1.12. The average molecular weight is 800 g/mol. The molecule has 0 amide bonds. The van der Waals surface area contributed by atoms with Gasteiger partial charge in [0.25, 0.3) is 7.82 Å². The Labute approximate surface area is 336 Å². The minimum atomic E-state index is -4.64. The van der Waals surface area contributed by atoms with Gasteiger partial charge < -0.3 is 33.0 Å². The second-order valence-corrected chi connectivity index (χ2v) is 17.3. The quantitative estimate of drug-likeness (QED) is 0.0161. The zero-order valence-electron chi connectivity index (χ0n) is 35.7. The fraction of sp³-hybridized carbons (Fsp3) is 0.818. The van der Waals surface area contributed by atoms with Crippen LogP contribution in [-0.2, 0) is 32.7 Å². The zero-order valence-corrected chi connectivity index (χ0v) is 36.6. The van der Waals surface area contributed by atoms with Crippen LogP contribution in [0.1, 0.15) is 174 Å². The first kappa shape index (κ1) is 53.2. The van der Waals surface area contributed by atoms with Crippen molar-refractivity contribution in [1.82, 2.24) is 0 Å². The first-order chi connectivity index (χ1) is 26.4. The number of esters is 2. The van der Waals surface area contributed by atoms with Gasteiger partial charge in [-0.3, -0.25) is 14.2 Å². The van der Waals surface area contributed by atoms with Gasteiger partial charge in [0.2, 0.25) is 0 Å². The lowest BCUT2D eigenvalue weighted by molar-refractivity contribution is -0.870. The van der Waals surface area contributed by atoms with E-state index >= 15 is 0 Å². The third-order valence-corrected chi connectivity index (χ3v) is 10.2. The lowest BCUT2D eigenvalue weighted by atomic mass is 10.0. The molecule has 0 aliphatic carbocycles. The Morgan fingerprint density at radius 1 is 0.673 bits per heavy atom. The van der Waals surface area contributed by atoms with E-state index in [4.69, 9.17) is 18.5 Å². The minimum Gasteiger partial charge on any atom is -0.756 e. The molecule has 2 unspecified atom stereocenters. The number of ether oxygens (including phenoxy) is 2. The predicted octanol–water partition coefficient (Wildman–Crippen LogP) is 10.5. The van der Waals surface area contributed by atoms with Crippen molar-refractivity contribution in [1.29, 1.82) is 0 Å². The van der Waals surface area contributed by atoms with Gasteiger partial charge in [0.15, 0.2) is 6.10 Å². The lowest BCUT2D eigenvalue weighted by Crippen LogP contribution is -2.37. The topological polar surface area (TPSA) is 131 Å². The number of phosphoric ester groups is 1. The summed E-state index contributed by atoms with van der Waals surface area (Å²) in [5.41, 5.74) is 0. The van der Waals surface area contributed by atoms with Crippen LogP contribution in [0.2, 0.25) is 0 Å². The molecule has 0 aliphatic heterocycles. The van der Waals surface area contributed by atoms with Gasteiger partial charge in [-0.2, -0.15) is 0 Å². The molecule has 11 heteroatoms. The molecule has 3 atom stereocenters. The van der Waals surface area contributed by atoms with Gasteiger partial charge in [0.1, 0.15) is 19.8 Å². The molecule has 0 rings (SSSR count). The average Bonchev–Trinajstić information content (AvgIpc) is 3.12. The molecule has 55 heavy (non-hydrogen) atoms. The highest BCUT2D eigenvalue weighted by Gasteiger charge is 2.21. The molecule has 0 fully saturated rings. The maximum absolute atomic E-state index is 12.7. The molecule has 322 valence electrons. The number of carbonyl (C=O) groups is 2. The van der Waals surface area contributed by atoms with E-state index < -0.39 is 38.6 Å². The van der Waals surface area contributed by atoms with Crippen LogP contribution < -0.4 is 4.89 Å². The number of hydrogen-bond acceptors (Lipinski definition) is 9. The van der Waals surface area contributed by atoms with Crippen LogP contribution in [0, 0.1) is 0 Å². The monoisotopic (exact) mass is 800 g/mol. The van der Waals surface area contributed by atoms with E-state index in [1.54, 1.807) is 6.08 Å². The maximum atomic E-state index is 12.7. The van der Waals surface area contributed by atoms with Crippen LogP contribution in [0.4, 0.5) is 0 Å². The number of hydrogen-bond donors (Lipinski definition) is 1. The molecule has 10 nitrogen and oxygen atoms in total. The van der Waals surface area contributed by atoms with E-state index in [9.17, 15) is 24.2 Å². The van der Waals surface area contributed by atoms with Crippen molar-refractivity contribution in [2.45, 2.75) is 187 Å². The molecule has 0 aliphatic rings. The highest BCUT2D eigenvalue weighted by Crippen LogP contribution is 2.38. The first-order valence-corrected chi connectivity index (χ1v) is 23.3. The van der Waals surface area contributed by atoms with E-state index in [2.05, 4.69) is 19.9 Å². The summed E-state index contributed by atoms with van der Waals surface area (Å²) in [4.78, 5) is 37.5. The molecule has 0 bridgehead atoms. The second kappa shape index (κ2) is 36.5. The van der Waals surface area contributed by atoms with Gasteiger partial charge in [0, 0.05) is 12.8 Å². The Hall–Kier alpha value is -1.81. The van der Waals surface area contributed by atoms with Crippen molar-refractivity contribution in [2.24, 2.45) is 0 Å². The van der Waals surface area contributed by atoms with Gasteiger partial charge in [-0.1, -0.05) is 159 Å². The number of carbonyl (C=O) groups excluding carboxylic acids is 2. The van der Waals surface area contributed by atoms with Crippen molar-refractivity contribution >= 4 is 19.8 Å². The summed E-state index contributed by atoms with van der Waals surface area (Å²) in [5.74, 6) is -0.885. The third-order valence-electron chi connectivity index (χ3n) is 9.25. The van der Waals surface area contributed by atoms with Crippen molar-refractivity contribution in [3.8, 4) is 0 Å². The van der Waals surface area contributed by atoms with Crippen LogP contribution >= 0.6 is 7.82 Å². The van der Waals surface area contributed by atoms with E-state index in [0.29, 0.717) is 30.3 Å². The Balaban J connectivity index is 4.42. The van der Waals surface area contributed by atoms with Gasteiger partial charge in [-0.25, -0.2) is 0 Å². The van der Waals surface area contributed by atoms with Gasteiger partial charge in [-0.15, -0.1) is 0 Å². The number of rotatable bonds is 39. The normalized spacial score (nSPS) is 14.5. The Kier molecular flexibility index (Phi) is 35.3. The fourth-order valence-corrected chi connectivity index (χ4v) is 6.54. The van der Waals surface area contributed by atoms with Gasteiger partial charge in [-0.05, 0) is 38.5 Å². The molecule has 0 spiro atoms. The number of quaternary nitrogens is 1. The summed E-state index contributed by atoms with van der Waals surface area (Å²) in [6.07, 6.45) is 36.4. The number of allylic oxidation sites excluding steroid dienone is 4. The standard InChI is InChI=1S/C44H82NO9P/c1-6-8-10-11-12-13-14-15-16-17-18-21-25-28-32-36-44(48)54-42(40-53-55(49,50)52-38-37-45(3,4)5)39-51-43(47)35-31-27-24-22-19-20-23-26-30-34-41(46)33-29-9-7-2/h9,23,26,29-30,34,41-42,46H,6-8,10-22,24-25,27-28,31-33,35-40H2,1-5H3/b26-23+,29-9+,34-30+/t41?,42-/m1/s1. The van der Waals surface area contributed by atoms with Gasteiger partial charge >= 0.3 is 11.9 Å². The summed E-state index contributed by atoms with van der Waals surface area (Å²) < 4.78 is 33.8. The number of unbranched alkanes of at least 4 members (excludes halogenated alkanes) is 19. The number of phosphoric acid groups is 1. The highest BCUT2D eigenvalue weighted by molar-refractivity contribution is 7.45. The van der Waals surface area contributed by atoms with Crippen LogP contribution in [0.3, 0.4) is 0 Å². The lowest BCUT2D eigenvalue weighted by Gasteiger charge is -2.28. The van der Waals surface area contributed by atoms with E-state index in [1.165, 1.54) is 70.6 Å². The summed E-state index contributed by atoms with van der Waals surface area (Å²) >= 11 is 0. The van der Waals surface area contributed by atoms with Crippen molar-refractivity contribution in [3.05, 3.63) is 36.5 Å². The first-order valence-electron chi connectivity index (χ1n) is 21.8. The highest BCUT2D eigenvalue weighted by atomic mass is 31.2. The molecule has 0 heterocycles. The molecule has 0 saturated heterocycles. The van der Waals surface area contributed by atoms with Gasteiger partial charge in [0.05, 0.1) is 33.9 Å². The Morgan fingerprint density at radius 2 is 1.20 bits per heavy atom. The third kappa shape index (κ3) is 40.2. The maximum Gasteiger partial charge on any atom is 0.306 e. The van der Waals surface area contributed by atoms with Crippen molar-refractivity contribution < 1.29 is 47.2 Å². The molecule has 0 aromatic rings. The second-order valence-electron chi connectivity index (χ2n) is 15.9. The number of aliphatic hydroxyl groups excluding tert-OH is 1. The van der Waals surface area contributed by atoms with E-state index in [0.717, 1.165) is 57.8 Å². The molecular formula is C44H82NO9P. The van der Waals surface area contributed by atoms with Crippen LogP contribution in [0.25, 0.3) is 0 Å². The number of aliphatic hydroxyl groups is 1. The number of nitrogens with zero attached hydrogens (tertiary/aromatic N) is 1. The molecule has 0 aromatic carbocycles. The SMILES string of the molecule is CC/C=C/CC(O)/C=C/C=C/CCCCCCCC(=O)OC[C@H](COP(=O)([O-])OCC[N+](C)(C)C)OC(=O)CCCCCCCCCCCCCCCCC. The van der Waals surface area contributed by atoms with Crippen molar-refractivity contribution in [3.63, 3.8) is 0 Å². The smallest absolute Gasteiger partial charge is 0.306 e. The predicted molar refractivity (Wildman–Crippen MR) is 223 cm³/mol. The molecular weight excluding hydrogens is 717 g/mol. The summed E-state index contributed by atoms with van der Waals surface area (Å²) in [5, 5.41) is 9.87. The Bertz CT molecular complexity index is 1060. The largest absolute Gasteiger partial charge is 0.756 e. The zero-order chi connectivity index (χ0) is 40.9. The summed E-state index contributed by atoms with van der Waals surface area (Å²) in [6, 6.07) is 0. The molecule has 1 N–H and O–H groups in total. The molecule has 0 radical (unpaired) electrons. The van der Waals surface area contributed by atoms with Crippen molar-refractivity contribution in [2.75, 3.05) is 47.5 Å². The van der Waals surface area contributed by atoms with Crippen LogP contribution in [-0.4, -0.2) is 81.2 Å². The van der Waals surface area contributed by atoms with Crippen LogP contribution in [0.15, 0.2) is 36.5 Å². The fourth-order valence-electron chi connectivity index (χ4n) is 5.81. The van der Waals surface area contributed by atoms with E-state index in [1.807, 2.05) is 45.4 Å². The number of likely N-dealkylation sites (N-methyl/N-ethyl adjacent to an activating group) is 1. The molecule has 0 saturated carbocycles. The molecule has 0 aromatic heterocycles. The minimum absolute atomic E-state index is 0.0423. The Morgan fingerprint density at radius 3 is 1.75 bits per heavy atom. The van der Waals surface area contributed by atoms with E-state index in [-0.39, 0.29) is 26.1 Å². The summed E-state index contributed by atoms with van der Waals surface area (Å²) in [6.45, 7) is 3.98.